The van der Waals surface area contributed by atoms with Crippen molar-refractivity contribution in [2.24, 2.45) is 5.73 Å². The normalized spacial score (nSPS) is 11.4. The molecule has 14 heavy (non-hydrogen) atoms. The standard InChI is InChI=1S/C10H12BrNO.ClH/c1-3-10(12)8-6-7(13-2)4-5-9(8)11;/h3-6,10H,1,12H2,2H3;1H/t10-;/m1./s1. The molecule has 0 heterocycles. The van der Waals surface area contributed by atoms with E-state index in [2.05, 4.69) is 22.5 Å². The number of hydrogen-bond donors (Lipinski definition) is 1. The van der Waals surface area contributed by atoms with Crippen LogP contribution in [-0.2, 0) is 0 Å². The van der Waals surface area contributed by atoms with E-state index < -0.39 is 0 Å². The highest BCUT2D eigenvalue weighted by atomic mass is 79.9. The van der Waals surface area contributed by atoms with E-state index in [0.29, 0.717) is 0 Å². The van der Waals surface area contributed by atoms with Crippen molar-refractivity contribution >= 4 is 28.3 Å². The van der Waals surface area contributed by atoms with E-state index in [9.17, 15) is 0 Å². The molecule has 2 nitrogen and oxygen atoms in total. The number of hydrogen-bond acceptors (Lipinski definition) is 2. The summed E-state index contributed by atoms with van der Waals surface area (Å²) < 4.78 is 6.07. The maximum Gasteiger partial charge on any atom is 0.119 e. The van der Waals surface area contributed by atoms with Crippen LogP contribution >= 0.6 is 28.3 Å². The summed E-state index contributed by atoms with van der Waals surface area (Å²) >= 11 is 3.42. The lowest BCUT2D eigenvalue weighted by Crippen LogP contribution is -2.07. The molecule has 1 aromatic rings. The van der Waals surface area contributed by atoms with Crippen LogP contribution in [0.4, 0.5) is 0 Å². The Morgan fingerprint density at radius 3 is 2.71 bits per heavy atom. The lowest BCUT2D eigenvalue weighted by molar-refractivity contribution is 0.414. The largest absolute Gasteiger partial charge is 0.497 e. The van der Waals surface area contributed by atoms with Gasteiger partial charge in [-0.15, -0.1) is 19.0 Å². The second-order valence-corrected chi connectivity index (χ2v) is 3.50. The monoisotopic (exact) mass is 277 g/mol. The summed E-state index contributed by atoms with van der Waals surface area (Å²) in [4.78, 5) is 0. The fourth-order valence-corrected chi connectivity index (χ4v) is 1.54. The fraction of sp³-hybridized carbons (Fsp3) is 0.200. The Morgan fingerprint density at radius 1 is 1.57 bits per heavy atom. The smallest absolute Gasteiger partial charge is 0.119 e. The van der Waals surface area contributed by atoms with Gasteiger partial charge in [0.05, 0.1) is 7.11 Å². The predicted molar refractivity (Wildman–Crippen MR) is 65.1 cm³/mol. The molecule has 0 spiro atoms. The molecule has 0 bridgehead atoms. The van der Waals surface area contributed by atoms with Gasteiger partial charge in [0.2, 0.25) is 0 Å². The molecule has 0 saturated heterocycles. The number of ether oxygens (including phenoxy) is 1. The van der Waals surface area contributed by atoms with Gasteiger partial charge in [0.1, 0.15) is 5.75 Å². The van der Waals surface area contributed by atoms with E-state index >= 15 is 0 Å². The van der Waals surface area contributed by atoms with Crippen LogP contribution in [0.1, 0.15) is 11.6 Å². The minimum absolute atomic E-state index is 0. The van der Waals surface area contributed by atoms with Crippen molar-refractivity contribution in [3.63, 3.8) is 0 Å². The van der Waals surface area contributed by atoms with E-state index in [1.54, 1.807) is 13.2 Å². The molecular weight excluding hydrogens is 265 g/mol. The molecule has 0 unspecified atom stereocenters. The van der Waals surface area contributed by atoms with Crippen LogP contribution in [0.5, 0.6) is 5.75 Å². The Hall–Kier alpha value is -0.510. The zero-order valence-electron chi connectivity index (χ0n) is 7.87. The average Bonchev–Trinajstić information content (AvgIpc) is 2.17. The van der Waals surface area contributed by atoms with Gasteiger partial charge < -0.3 is 10.5 Å². The third-order valence-electron chi connectivity index (χ3n) is 1.82. The topological polar surface area (TPSA) is 35.2 Å². The van der Waals surface area contributed by atoms with Gasteiger partial charge >= 0.3 is 0 Å². The van der Waals surface area contributed by atoms with Crippen LogP contribution in [0, 0.1) is 0 Å². The van der Waals surface area contributed by atoms with E-state index in [-0.39, 0.29) is 18.4 Å². The van der Waals surface area contributed by atoms with Crippen LogP contribution in [-0.4, -0.2) is 7.11 Å². The van der Waals surface area contributed by atoms with Crippen LogP contribution < -0.4 is 10.5 Å². The second kappa shape index (κ2) is 6.06. The first-order chi connectivity index (χ1) is 6.19. The molecule has 0 saturated carbocycles. The van der Waals surface area contributed by atoms with Crippen molar-refractivity contribution in [3.8, 4) is 5.75 Å². The third kappa shape index (κ3) is 3.01. The van der Waals surface area contributed by atoms with Gasteiger partial charge in [-0.05, 0) is 23.8 Å². The Morgan fingerprint density at radius 2 is 2.21 bits per heavy atom. The minimum atomic E-state index is -0.163. The molecule has 0 aromatic heterocycles. The Labute approximate surface area is 98.7 Å². The van der Waals surface area contributed by atoms with Gasteiger partial charge in [-0.2, -0.15) is 0 Å². The summed E-state index contributed by atoms with van der Waals surface area (Å²) in [6, 6.07) is 5.53. The van der Waals surface area contributed by atoms with Crippen LogP contribution in [0.15, 0.2) is 35.3 Å². The van der Waals surface area contributed by atoms with Gasteiger partial charge in [0.25, 0.3) is 0 Å². The van der Waals surface area contributed by atoms with Gasteiger partial charge in [0, 0.05) is 10.5 Å². The van der Waals surface area contributed by atoms with E-state index in [4.69, 9.17) is 10.5 Å². The Kier molecular flexibility index (Phi) is 5.84. The number of rotatable bonds is 3. The van der Waals surface area contributed by atoms with Crippen molar-refractivity contribution in [1.82, 2.24) is 0 Å². The molecule has 0 aliphatic carbocycles. The van der Waals surface area contributed by atoms with E-state index in [1.807, 2.05) is 18.2 Å². The third-order valence-corrected chi connectivity index (χ3v) is 2.54. The Bertz CT molecular complexity index is 317. The van der Waals surface area contributed by atoms with Crippen LogP contribution in [0.25, 0.3) is 0 Å². The molecular formula is C10H13BrClNO. The van der Waals surface area contributed by atoms with Crippen molar-refractivity contribution in [2.45, 2.75) is 6.04 Å². The number of methoxy groups -OCH3 is 1. The van der Waals surface area contributed by atoms with Gasteiger partial charge in [-0.1, -0.05) is 22.0 Å². The van der Waals surface area contributed by atoms with Crippen LogP contribution in [0.3, 0.4) is 0 Å². The quantitative estimate of drug-likeness (QED) is 0.863. The van der Waals surface area contributed by atoms with E-state index in [1.165, 1.54) is 0 Å². The average molecular weight is 279 g/mol. The molecule has 1 atom stereocenters. The van der Waals surface area contributed by atoms with Gasteiger partial charge in [0.15, 0.2) is 0 Å². The van der Waals surface area contributed by atoms with E-state index in [0.717, 1.165) is 15.8 Å². The molecule has 78 valence electrons. The highest BCUT2D eigenvalue weighted by Crippen LogP contribution is 2.26. The van der Waals surface area contributed by atoms with Crippen LogP contribution in [0.2, 0.25) is 0 Å². The maximum atomic E-state index is 5.82. The minimum Gasteiger partial charge on any atom is -0.497 e. The molecule has 1 aromatic carbocycles. The summed E-state index contributed by atoms with van der Waals surface area (Å²) in [5, 5.41) is 0. The summed E-state index contributed by atoms with van der Waals surface area (Å²) in [6.07, 6.45) is 1.69. The SMILES string of the molecule is C=C[C@@H](N)c1cc(OC)ccc1Br.Cl. The highest BCUT2D eigenvalue weighted by molar-refractivity contribution is 9.10. The molecule has 0 aliphatic rings. The molecule has 0 amide bonds. The maximum absolute atomic E-state index is 5.82. The van der Waals surface area contributed by atoms with Crippen molar-refractivity contribution in [1.29, 1.82) is 0 Å². The molecule has 2 N–H and O–H groups in total. The number of nitrogens with two attached hydrogens (primary N) is 1. The summed E-state index contributed by atoms with van der Waals surface area (Å²) in [5.41, 5.74) is 6.80. The number of benzene rings is 1. The van der Waals surface area contributed by atoms with Crippen molar-refractivity contribution < 1.29 is 4.74 Å². The van der Waals surface area contributed by atoms with Crippen molar-refractivity contribution in [3.05, 3.63) is 40.9 Å². The Balaban J connectivity index is 0.00000169. The molecule has 0 aliphatic heterocycles. The van der Waals surface area contributed by atoms with Gasteiger partial charge in [-0.3, -0.25) is 0 Å². The molecule has 4 heteroatoms. The first kappa shape index (κ1) is 13.5. The lowest BCUT2D eigenvalue weighted by Gasteiger charge is -2.10. The van der Waals surface area contributed by atoms with Crippen molar-refractivity contribution in [2.75, 3.05) is 7.11 Å². The highest BCUT2D eigenvalue weighted by Gasteiger charge is 2.07. The second-order valence-electron chi connectivity index (χ2n) is 2.65. The fourth-order valence-electron chi connectivity index (χ4n) is 1.03. The first-order valence-corrected chi connectivity index (χ1v) is 4.70. The molecule has 0 radical (unpaired) electrons. The molecule has 1 rings (SSSR count). The number of halogens is 2. The molecule has 0 fully saturated rings. The summed E-state index contributed by atoms with van der Waals surface area (Å²) in [6.45, 7) is 3.65. The first-order valence-electron chi connectivity index (χ1n) is 3.90. The van der Waals surface area contributed by atoms with Gasteiger partial charge in [-0.25, -0.2) is 0 Å². The zero-order chi connectivity index (χ0) is 9.84. The lowest BCUT2D eigenvalue weighted by atomic mass is 10.1. The predicted octanol–water partition coefficient (Wildman–Crippen LogP) is 3.07. The zero-order valence-corrected chi connectivity index (χ0v) is 10.3. The summed E-state index contributed by atoms with van der Waals surface area (Å²) in [5.74, 6) is 0.801. The summed E-state index contributed by atoms with van der Waals surface area (Å²) in [7, 11) is 1.63.